The molecule has 0 aliphatic rings. The predicted octanol–water partition coefficient (Wildman–Crippen LogP) is 6.38. The van der Waals surface area contributed by atoms with Gasteiger partial charge in [0, 0.05) is 0 Å². The Labute approximate surface area is 150 Å². The van der Waals surface area contributed by atoms with Crippen LogP contribution in [0.25, 0.3) is 0 Å². The highest BCUT2D eigenvalue weighted by Gasteiger charge is 2.66. The normalized spacial score (nSPS) is 15.7. The van der Waals surface area contributed by atoms with Gasteiger partial charge in [-0.2, -0.15) is 0 Å². The maximum atomic E-state index is 3.06. The van der Waals surface area contributed by atoms with E-state index in [1.807, 2.05) is 0 Å². The van der Waals surface area contributed by atoms with Crippen molar-refractivity contribution in [2.24, 2.45) is 0 Å². The van der Waals surface area contributed by atoms with Crippen molar-refractivity contribution < 1.29 is 0 Å². The van der Waals surface area contributed by atoms with Crippen molar-refractivity contribution in [3.05, 3.63) is 0 Å². The van der Waals surface area contributed by atoms with Crippen LogP contribution in [0.4, 0.5) is 0 Å². The largest absolute Gasteiger partial charge is 0.320 e. The van der Waals surface area contributed by atoms with Crippen LogP contribution >= 0.6 is 21.8 Å². The Morgan fingerprint density at radius 3 is 1.10 bits per heavy atom. The molecule has 5 heteroatoms. The molecule has 1 nitrogen and oxygen atoms in total. The molecule has 21 heavy (non-hydrogen) atoms. The third-order valence-electron chi connectivity index (χ3n) is 6.61. The fourth-order valence-corrected chi connectivity index (χ4v) is 63.9. The van der Waals surface area contributed by atoms with Crippen LogP contribution in [0.5, 0.6) is 0 Å². The third-order valence-corrected chi connectivity index (χ3v) is 72.8. The van der Waals surface area contributed by atoms with Gasteiger partial charge in [-0.1, -0.05) is 81.6 Å². The van der Waals surface area contributed by atoms with E-state index >= 15 is 0 Å². The lowest BCUT2D eigenvalue weighted by molar-refractivity contribution is 0.488. The first kappa shape index (κ1) is 22.3. The molecule has 0 bridgehead atoms. The molecule has 0 atom stereocenters. The van der Waals surface area contributed by atoms with Crippen molar-refractivity contribution >= 4 is 41.7 Å². The molecule has 0 heterocycles. The third kappa shape index (κ3) is 3.56. The number of hydrogen-bond donors (Lipinski definition) is 0. The summed E-state index contributed by atoms with van der Waals surface area (Å²) in [6, 6.07) is 0. The van der Waals surface area contributed by atoms with Crippen LogP contribution in [0.15, 0.2) is 0 Å². The van der Waals surface area contributed by atoms with E-state index in [0.717, 1.165) is 0 Å². The van der Waals surface area contributed by atoms with Crippen LogP contribution in [-0.4, -0.2) is 37.6 Å². The lowest BCUT2D eigenvalue weighted by Gasteiger charge is -2.62. The van der Waals surface area contributed by atoms with E-state index in [1.165, 1.54) is 13.1 Å². The number of nitrogens with zero attached hydrogens (tertiary/aromatic N) is 1. The van der Waals surface area contributed by atoms with Crippen molar-refractivity contribution in [3.63, 3.8) is 0 Å². The van der Waals surface area contributed by atoms with Gasteiger partial charge in [-0.3, -0.25) is 0 Å². The summed E-state index contributed by atoms with van der Waals surface area (Å²) in [5.74, 6) is 0. The summed E-state index contributed by atoms with van der Waals surface area (Å²) in [5, 5.41) is 0.942. The van der Waals surface area contributed by atoms with Crippen molar-refractivity contribution in [2.45, 2.75) is 91.7 Å². The van der Waals surface area contributed by atoms with Crippen LogP contribution in [0.3, 0.4) is 0 Å². The van der Waals surface area contributed by atoms with Gasteiger partial charge < -0.3 is 4.57 Å². The van der Waals surface area contributed by atoms with E-state index in [-0.39, 0.29) is 0 Å². The van der Waals surface area contributed by atoms with Crippen LogP contribution < -0.4 is 0 Å². The minimum Gasteiger partial charge on any atom is -0.320 e. The predicted molar refractivity (Wildman–Crippen MR) is 117 cm³/mol. The molecule has 0 N–H and O–H groups in total. The van der Waals surface area contributed by atoms with Crippen molar-refractivity contribution in [2.75, 3.05) is 13.1 Å². The van der Waals surface area contributed by atoms with Gasteiger partial charge in [-0.25, -0.2) is 0 Å². The second-order valence-corrected chi connectivity index (χ2v) is 45.1. The molecule has 0 fully saturated rings. The van der Waals surface area contributed by atoms with Gasteiger partial charge >= 0.3 is 0 Å². The average Bonchev–Trinajstić information content (AvgIpc) is 2.26. The molecular formula is C16H40INSi3. The molecule has 0 aromatic rings. The highest BCUT2D eigenvalue weighted by molar-refractivity contribution is 14.1. The minimum absolute atomic E-state index is 0.471. The summed E-state index contributed by atoms with van der Waals surface area (Å²) in [7, 11) is -2.79. The zero-order valence-electron chi connectivity index (χ0n) is 16.7. The molecule has 0 amide bonds. The molecule has 0 saturated carbocycles. The topological polar surface area (TPSA) is 3.24 Å². The van der Waals surface area contributed by atoms with Gasteiger partial charge in [0.25, 0.3) is 0 Å². The Bertz CT molecular complexity index is 324. The molecule has 0 aliphatic heterocycles. The van der Waals surface area contributed by atoms with E-state index in [9.17, 15) is 0 Å². The van der Waals surface area contributed by atoms with Crippen LogP contribution in [0, 0.1) is 0 Å². The van der Waals surface area contributed by atoms with E-state index in [2.05, 4.69) is 108 Å². The Balaban J connectivity index is 6.45. The lowest BCUT2D eigenvalue weighted by atomic mass is 10.2. The maximum Gasteiger partial charge on any atom is 0.175 e. The van der Waals surface area contributed by atoms with Crippen molar-refractivity contribution in [1.82, 2.24) is 4.57 Å². The SMILES string of the molecule is CCN(CC)[Si](I)([Si](C)(C)C(C)(C)C)[Si](C)(C)C(C)(C)C. The smallest absolute Gasteiger partial charge is 0.175 e. The quantitative estimate of drug-likeness (QED) is 0.263. The second kappa shape index (κ2) is 6.69. The molecule has 0 unspecified atom stereocenters. The van der Waals surface area contributed by atoms with E-state index in [1.54, 1.807) is 0 Å². The molecule has 0 saturated heterocycles. The Morgan fingerprint density at radius 2 is 0.952 bits per heavy atom. The highest BCUT2D eigenvalue weighted by Crippen LogP contribution is 2.55. The molecular weight excluding hydrogens is 417 g/mol. The van der Waals surface area contributed by atoms with Gasteiger partial charge in [0.15, 0.2) is 4.77 Å². The highest BCUT2D eigenvalue weighted by atomic mass is 127. The average molecular weight is 458 g/mol. The van der Waals surface area contributed by atoms with E-state index in [0.29, 0.717) is 10.1 Å². The molecule has 128 valence electrons. The summed E-state index contributed by atoms with van der Waals surface area (Å²) in [5.41, 5.74) is 0. The van der Waals surface area contributed by atoms with E-state index in [4.69, 9.17) is 0 Å². The molecule has 0 aromatic heterocycles. The first-order valence-corrected chi connectivity index (χ1v) is 21.5. The van der Waals surface area contributed by atoms with E-state index < -0.39 is 19.9 Å². The zero-order chi connectivity index (χ0) is 17.5. The Hall–Kier alpha value is 1.34. The van der Waals surface area contributed by atoms with Crippen LogP contribution in [0.2, 0.25) is 36.3 Å². The summed E-state index contributed by atoms with van der Waals surface area (Å²) in [6.07, 6.45) is 0. The van der Waals surface area contributed by atoms with Gasteiger partial charge in [-0.15, -0.1) is 21.8 Å². The Kier molecular flexibility index (Phi) is 7.11. The summed E-state index contributed by atoms with van der Waals surface area (Å²) in [6.45, 7) is 33.1. The van der Waals surface area contributed by atoms with Gasteiger partial charge in [-0.05, 0) is 23.2 Å². The molecule has 0 aromatic carbocycles. The van der Waals surface area contributed by atoms with Crippen molar-refractivity contribution in [3.8, 4) is 0 Å². The minimum atomic E-state index is -1.52. The van der Waals surface area contributed by atoms with Gasteiger partial charge in [0.2, 0.25) is 0 Å². The van der Waals surface area contributed by atoms with Crippen LogP contribution in [-0.2, 0) is 0 Å². The Morgan fingerprint density at radius 1 is 0.714 bits per heavy atom. The van der Waals surface area contributed by atoms with Gasteiger partial charge in [0.1, 0.15) is 0 Å². The summed E-state index contributed by atoms with van der Waals surface area (Å²) in [4.78, 5) is 0. The standard InChI is InChI=1S/C16H40INSi3/c1-13-18(14-2)21(17,19(9,10)15(3,4)5)20(11,12)16(6,7)8/h13-14H2,1-12H3. The number of rotatable bonds is 5. The number of halogens is 1. The second-order valence-electron chi connectivity index (χ2n) is 9.54. The monoisotopic (exact) mass is 457 g/mol. The maximum absolute atomic E-state index is 3.06. The van der Waals surface area contributed by atoms with Gasteiger partial charge in [0.05, 0.1) is 15.2 Å². The van der Waals surface area contributed by atoms with Crippen LogP contribution in [0.1, 0.15) is 55.4 Å². The zero-order valence-corrected chi connectivity index (χ0v) is 21.9. The molecule has 0 spiro atoms. The molecule has 0 radical (unpaired) electrons. The molecule has 0 rings (SSSR count). The summed E-state index contributed by atoms with van der Waals surface area (Å²) >= 11 is 3.06. The molecule has 0 aliphatic carbocycles. The number of hydrogen-bond acceptors (Lipinski definition) is 1. The lowest BCUT2D eigenvalue weighted by Crippen LogP contribution is -2.82. The fourth-order valence-electron chi connectivity index (χ4n) is 3.23. The first-order chi connectivity index (χ1) is 9.02. The van der Waals surface area contributed by atoms with Crippen molar-refractivity contribution in [1.29, 1.82) is 0 Å². The first-order valence-electron chi connectivity index (χ1n) is 8.46. The summed E-state index contributed by atoms with van der Waals surface area (Å²) < 4.78 is 1.42. The fraction of sp³-hybridized carbons (Fsp3) is 1.00.